The fourth-order valence-corrected chi connectivity index (χ4v) is 8.08. The fraction of sp³-hybridized carbons (Fsp3) is 0.311. The maximum absolute atomic E-state index is 14.7. The molecule has 0 saturated carbocycles. The van der Waals surface area contributed by atoms with Crippen molar-refractivity contribution >= 4 is 69.9 Å². The SMILES string of the molecule is O=C1CCC(c2ccc(N3CCN(CCC4CCN(NC(=O)c5ccc(Nc6ncc(F)c(Nc7ccc(C(=O)Nc8ccccc8Cl)cn7)n6)cc5)CC4)CC3)cc2)C(=O)N1. The molecule has 8 rings (SSSR count). The first-order valence-electron chi connectivity index (χ1n) is 20.8. The van der Waals surface area contributed by atoms with Crippen molar-refractivity contribution in [2.45, 2.75) is 38.0 Å². The number of carbonyl (C=O) groups excluding carboxylic acids is 4. The lowest BCUT2D eigenvalue weighted by molar-refractivity contribution is -0.134. The van der Waals surface area contributed by atoms with Gasteiger partial charge in [-0.3, -0.25) is 34.8 Å². The zero-order valence-corrected chi connectivity index (χ0v) is 34.7. The molecule has 3 aromatic carbocycles. The van der Waals surface area contributed by atoms with E-state index in [0.717, 1.165) is 82.5 Å². The molecular formula is C45H47ClFN11O4. The van der Waals surface area contributed by atoms with Crippen molar-refractivity contribution in [3.8, 4) is 0 Å². The Hall–Kier alpha value is -6.49. The van der Waals surface area contributed by atoms with Crippen LogP contribution in [-0.4, -0.2) is 94.3 Å². The van der Waals surface area contributed by atoms with E-state index in [1.807, 2.05) is 17.1 Å². The van der Waals surface area contributed by atoms with E-state index >= 15 is 0 Å². The van der Waals surface area contributed by atoms with Gasteiger partial charge in [0.2, 0.25) is 17.8 Å². The maximum atomic E-state index is 14.7. The topological polar surface area (TPSA) is 177 Å². The second-order valence-electron chi connectivity index (χ2n) is 15.7. The van der Waals surface area contributed by atoms with Gasteiger partial charge in [0.05, 0.1) is 28.4 Å². The number of hydrogen-bond acceptors (Lipinski definition) is 12. The number of imide groups is 1. The minimum atomic E-state index is -0.696. The summed E-state index contributed by atoms with van der Waals surface area (Å²) < 4.78 is 14.7. The Morgan fingerprint density at radius 3 is 2.24 bits per heavy atom. The molecule has 1 unspecified atom stereocenters. The summed E-state index contributed by atoms with van der Waals surface area (Å²) in [6.45, 7) is 6.52. The second kappa shape index (κ2) is 19.5. The normalized spacial score (nSPS) is 17.6. The first kappa shape index (κ1) is 42.2. The van der Waals surface area contributed by atoms with Crippen LogP contribution in [0.4, 0.5) is 39.0 Å². The van der Waals surface area contributed by atoms with Gasteiger partial charge in [0.1, 0.15) is 5.82 Å². The van der Waals surface area contributed by atoms with E-state index in [2.05, 4.69) is 63.6 Å². The van der Waals surface area contributed by atoms with Crippen LogP contribution in [0, 0.1) is 11.7 Å². The Morgan fingerprint density at radius 1 is 0.790 bits per heavy atom. The number of carbonyl (C=O) groups is 4. The van der Waals surface area contributed by atoms with E-state index in [1.165, 1.54) is 12.3 Å². The quantitative estimate of drug-likeness (QED) is 0.0815. The Balaban J connectivity index is 0.739. The molecule has 3 fully saturated rings. The van der Waals surface area contributed by atoms with Gasteiger partial charge < -0.3 is 20.9 Å². The highest BCUT2D eigenvalue weighted by molar-refractivity contribution is 6.33. The van der Waals surface area contributed by atoms with Gasteiger partial charge in [-0.05, 0) is 104 Å². The Labute approximate surface area is 363 Å². The molecule has 5 aromatic rings. The Morgan fingerprint density at radius 2 is 1.53 bits per heavy atom. The summed E-state index contributed by atoms with van der Waals surface area (Å²) in [4.78, 5) is 67.0. The number of halogens is 2. The standard InChI is InChI=1S/C45H47ClFN11O4/c46-36-3-1-2-4-38(36)51-42(60)32-9-15-39(48-27-32)52-41-37(47)28-49-45(54-41)50-33-10-5-31(6-11-33)43(61)55-58-21-18-29(19-22-58)17-20-56-23-25-57(26-24-56)34-12-7-30(8-13-34)35-14-16-40(59)53-44(35)62/h1-13,15,27-29,35H,14,16-26H2,(H,51,60)(H,55,61)(H,53,59,62)(H2,48,49,50,52,54). The van der Waals surface area contributed by atoms with Crippen LogP contribution in [-0.2, 0) is 9.59 Å². The predicted molar refractivity (Wildman–Crippen MR) is 235 cm³/mol. The number of nitrogens with zero attached hydrogens (tertiary/aromatic N) is 6. The summed E-state index contributed by atoms with van der Waals surface area (Å²) in [6, 6.07) is 25.0. The van der Waals surface area contributed by atoms with Gasteiger partial charge in [-0.25, -0.2) is 19.4 Å². The number of anilines is 6. The smallest absolute Gasteiger partial charge is 0.265 e. The monoisotopic (exact) mass is 859 g/mol. The van der Waals surface area contributed by atoms with E-state index in [9.17, 15) is 23.6 Å². The highest BCUT2D eigenvalue weighted by atomic mass is 35.5. The highest BCUT2D eigenvalue weighted by Crippen LogP contribution is 2.28. The molecule has 0 bridgehead atoms. The molecule has 1 atom stereocenters. The van der Waals surface area contributed by atoms with Crippen LogP contribution in [0.15, 0.2) is 97.3 Å². The van der Waals surface area contributed by atoms with Crippen LogP contribution in [0.5, 0.6) is 0 Å². The van der Waals surface area contributed by atoms with Crippen LogP contribution in [0.25, 0.3) is 0 Å². The molecule has 3 aliphatic rings. The third-order valence-electron chi connectivity index (χ3n) is 11.5. The Bertz CT molecular complexity index is 2390. The van der Waals surface area contributed by atoms with Crippen molar-refractivity contribution in [2.24, 2.45) is 5.92 Å². The summed E-state index contributed by atoms with van der Waals surface area (Å²) in [7, 11) is 0. The van der Waals surface area contributed by atoms with Crippen LogP contribution in [0.2, 0.25) is 5.02 Å². The second-order valence-corrected chi connectivity index (χ2v) is 16.1. The molecule has 5 N–H and O–H groups in total. The lowest BCUT2D eigenvalue weighted by Crippen LogP contribution is -2.48. The Kier molecular flexibility index (Phi) is 13.3. The molecule has 0 radical (unpaired) electrons. The number of para-hydroxylation sites is 1. The molecule has 17 heteroatoms. The first-order chi connectivity index (χ1) is 30.1. The molecule has 5 heterocycles. The number of amides is 4. The summed E-state index contributed by atoms with van der Waals surface area (Å²) >= 11 is 6.14. The van der Waals surface area contributed by atoms with E-state index in [-0.39, 0.29) is 46.8 Å². The molecule has 4 amide bonds. The van der Waals surface area contributed by atoms with Crippen molar-refractivity contribution in [2.75, 3.05) is 66.7 Å². The summed E-state index contributed by atoms with van der Waals surface area (Å²) in [5.74, 6) is -1.07. The molecule has 320 valence electrons. The van der Waals surface area contributed by atoms with Crippen molar-refractivity contribution in [3.63, 3.8) is 0 Å². The average molecular weight is 860 g/mol. The van der Waals surface area contributed by atoms with Crippen molar-refractivity contribution in [3.05, 3.63) is 125 Å². The molecule has 3 aliphatic heterocycles. The number of hydrogen-bond donors (Lipinski definition) is 5. The number of aromatic nitrogens is 3. The molecule has 0 spiro atoms. The van der Waals surface area contributed by atoms with Crippen LogP contribution in [0.1, 0.15) is 64.3 Å². The maximum Gasteiger partial charge on any atom is 0.265 e. The van der Waals surface area contributed by atoms with Crippen molar-refractivity contribution in [1.82, 2.24) is 35.6 Å². The van der Waals surface area contributed by atoms with Gasteiger partial charge in [-0.1, -0.05) is 35.9 Å². The third kappa shape index (κ3) is 10.7. The summed E-state index contributed by atoms with van der Waals surface area (Å²) in [6.07, 6.45) is 6.48. The van der Waals surface area contributed by atoms with Crippen LogP contribution < -0.4 is 31.6 Å². The van der Waals surface area contributed by atoms with Gasteiger partial charge in [0.25, 0.3) is 11.8 Å². The van der Waals surface area contributed by atoms with Gasteiger partial charge in [0, 0.05) is 68.8 Å². The van der Waals surface area contributed by atoms with Gasteiger partial charge >= 0.3 is 0 Å². The number of piperazine rings is 1. The zero-order chi connectivity index (χ0) is 43.0. The van der Waals surface area contributed by atoms with E-state index < -0.39 is 11.7 Å². The average Bonchev–Trinajstić information content (AvgIpc) is 3.29. The molecule has 3 saturated heterocycles. The molecule has 15 nitrogen and oxygen atoms in total. The first-order valence-corrected chi connectivity index (χ1v) is 21.2. The number of piperidine rings is 2. The van der Waals surface area contributed by atoms with Gasteiger partial charge in [-0.2, -0.15) is 4.98 Å². The van der Waals surface area contributed by atoms with E-state index in [4.69, 9.17) is 11.6 Å². The number of benzene rings is 3. The summed E-state index contributed by atoms with van der Waals surface area (Å²) in [5.41, 5.74) is 7.03. The fourth-order valence-electron chi connectivity index (χ4n) is 7.90. The number of pyridine rings is 1. The molecular weight excluding hydrogens is 813 g/mol. The number of rotatable bonds is 13. The number of hydrazine groups is 1. The largest absolute Gasteiger partial charge is 0.369 e. The number of nitrogens with one attached hydrogen (secondary N) is 5. The summed E-state index contributed by atoms with van der Waals surface area (Å²) in [5, 5.41) is 13.4. The van der Waals surface area contributed by atoms with E-state index in [0.29, 0.717) is 40.7 Å². The van der Waals surface area contributed by atoms with Crippen molar-refractivity contribution in [1.29, 1.82) is 0 Å². The lowest BCUT2D eigenvalue weighted by Gasteiger charge is -2.37. The predicted octanol–water partition coefficient (Wildman–Crippen LogP) is 6.49. The van der Waals surface area contributed by atoms with E-state index in [1.54, 1.807) is 54.6 Å². The highest BCUT2D eigenvalue weighted by Gasteiger charge is 2.28. The zero-order valence-electron chi connectivity index (χ0n) is 33.9. The minimum absolute atomic E-state index is 0.115. The van der Waals surface area contributed by atoms with Gasteiger partial charge in [-0.15, -0.1) is 0 Å². The molecule has 62 heavy (non-hydrogen) atoms. The molecule has 2 aromatic heterocycles. The lowest BCUT2D eigenvalue weighted by atomic mass is 9.90. The third-order valence-corrected chi connectivity index (χ3v) is 11.9. The van der Waals surface area contributed by atoms with Crippen LogP contribution in [0.3, 0.4) is 0 Å². The van der Waals surface area contributed by atoms with Gasteiger partial charge in [0.15, 0.2) is 11.6 Å². The molecule has 0 aliphatic carbocycles. The van der Waals surface area contributed by atoms with Crippen LogP contribution >= 0.6 is 11.6 Å². The minimum Gasteiger partial charge on any atom is -0.369 e. The van der Waals surface area contributed by atoms with Crippen molar-refractivity contribution < 1.29 is 23.6 Å².